The van der Waals surface area contributed by atoms with E-state index in [1.165, 1.54) is 48.5 Å². The minimum Gasteiger partial charge on any atom is -0.507 e. The van der Waals surface area contributed by atoms with Gasteiger partial charge in [0.1, 0.15) is 17.2 Å². The monoisotopic (exact) mass is 444 g/mol. The standard InChI is InChI=1S/C24H16N2O7/c27-17-9-3-5-12-20(13-6-4-10-18(28)22(13)23(30)21(12)17)14-11-19(29)25(24(14)31)15-7-1-2-8-16(15)26(32)33/h1-10,14,20,27-28H,11H2. The number of nitrogens with zero attached hydrogens (tertiary/aromatic N) is 2. The third-order valence-electron chi connectivity index (χ3n) is 6.18. The number of imide groups is 1. The Morgan fingerprint density at radius 2 is 1.42 bits per heavy atom. The first-order valence-corrected chi connectivity index (χ1v) is 10.1. The highest BCUT2D eigenvalue weighted by Gasteiger charge is 2.49. The molecule has 1 heterocycles. The Bertz CT molecular complexity index is 1330. The molecule has 0 radical (unpaired) electrons. The summed E-state index contributed by atoms with van der Waals surface area (Å²) < 4.78 is 0. The summed E-state index contributed by atoms with van der Waals surface area (Å²) in [5.74, 6) is -4.27. The van der Waals surface area contributed by atoms with Crippen molar-refractivity contribution < 1.29 is 29.5 Å². The van der Waals surface area contributed by atoms with Crippen LogP contribution < -0.4 is 4.90 Å². The molecular weight excluding hydrogens is 428 g/mol. The third kappa shape index (κ3) is 2.89. The number of aromatic hydroxyl groups is 2. The zero-order valence-corrected chi connectivity index (χ0v) is 17.0. The fourth-order valence-electron chi connectivity index (χ4n) is 4.83. The van der Waals surface area contributed by atoms with Crippen molar-refractivity contribution in [2.24, 2.45) is 5.92 Å². The summed E-state index contributed by atoms with van der Waals surface area (Å²) in [6, 6.07) is 14.4. The molecule has 33 heavy (non-hydrogen) atoms. The van der Waals surface area contributed by atoms with Crippen molar-refractivity contribution in [1.82, 2.24) is 0 Å². The molecule has 3 aromatic rings. The van der Waals surface area contributed by atoms with E-state index >= 15 is 0 Å². The maximum Gasteiger partial charge on any atom is 0.293 e. The Kier molecular flexibility index (Phi) is 4.49. The zero-order chi connectivity index (χ0) is 23.4. The number of carbonyl (C=O) groups excluding carboxylic acids is 3. The Balaban J connectivity index is 1.68. The van der Waals surface area contributed by atoms with Gasteiger partial charge in [0, 0.05) is 18.4 Å². The number of nitro groups is 1. The maximum absolute atomic E-state index is 13.5. The summed E-state index contributed by atoms with van der Waals surface area (Å²) in [5.41, 5.74) is 0.123. The molecule has 2 N–H and O–H groups in total. The average molecular weight is 444 g/mol. The van der Waals surface area contributed by atoms with Gasteiger partial charge in [-0.25, -0.2) is 4.90 Å². The summed E-state index contributed by atoms with van der Waals surface area (Å²) in [6.07, 6.45) is -0.256. The van der Waals surface area contributed by atoms with Gasteiger partial charge in [0.2, 0.25) is 17.6 Å². The predicted octanol–water partition coefficient (Wildman–Crippen LogP) is 3.26. The maximum atomic E-state index is 13.5. The second-order valence-electron chi connectivity index (χ2n) is 7.91. The molecule has 0 bridgehead atoms. The quantitative estimate of drug-likeness (QED) is 0.359. The van der Waals surface area contributed by atoms with E-state index in [1.54, 1.807) is 12.1 Å². The van der Waals surface area contributed by atoms with Crippen LogP contribution in [0.1, 0.15) is 39.4 Å². The number of hydrogen-bond acceptors (Lipinski definition) is 7. The number of phenols is 2. The molecule has 0 saturated carbocycles. The number of amides is 2. The van der Waals surface area contributed by atoms with Gasteiger partial charge >= 0.3 is 0 Å². The van der Waals surface area contributed by atoms with Crippen LogP contribution in [0.2, 0.25) is 0 Å². The van der Waals surface area contributed by atoms with Crippen LogP contribution in [0.3, 0.4) is 0 Å². The van der Waals surface area contributed by atoms with Gasteiger partial charge in [0.15, 0.2) is 0 Å². The van der Waals surface area contributed by atoms with Gasteiger partial charge in [-0.2, -0.15) is 0 Å². The predicted molar refractivity (Wildman–Crippen MR) is 115 cm³/mol. The Hall–Kier alpha value is -4.53. The van der Waals surface area contributed by atoms with Gasteiger partial charge in [-0.15, -0.1) is 0 Å². The highest BCUT2D eigenvalue weighted by atomic mass is 16.6. The Morgan fingerprint density at radius 3 is 2.00 bits per heavy atom. The van der Waals surface area contributed by atoms with Crippen LogP contribution in [0.4, 0.5) is 11.4 Å². The van der Waals surface area contributed by atoms with E-state index in [2.05, 4.69) is 0 Å². The fraction of sp³-hybridized carbons (Fsp3) is 0.125. The van der Waals surface area contributed by atoms with Gasteiger partial charge in [0.25, 0.3) is 5.69 Å². The molecule has 1 aliphatic heterocycles. The van der Waals surface area contributed by atoms with Crippen LogP contribution in [-0.2, 0) is 9.59 Å². The third-order valence-corrected chi connectivity index (χ3v) is 6.18. The van der Waals surface area contributed by atoms with E-state index in [4.69, 9.17) is 0 Å². The van der Waals surface area contributed by atoms with E-state index in [-0.39, 0.29) is 40.4 Å². The number of hydrogen-bond donors (Lipinski definition) is 2. The van der Waals surface area contributed by atoms with E-state index in [9.17, 15) is 34.7 Å². The van der Waals surface area contributed by atoms with E-state index < -0.39 is 34.4 Å². The summed E-state index contributed by atoms with van der Waals surface area (Å²) in [7, 11) is 0. The molecule has 1 aliphatic carbocycles. The molecule has 0 spiro atoms. The minimum atomic E-state index is -0.994. The van der Waals surface area contributed by atoms with Crippen molar-refractivity contribution in [2.45, 2.75) is 12.3 Å². The molecule has 1 fully saturated rings. The number of rotatable bonds is 3. The molecule has 3 aromatic carbocycles. The van der Waals surface area contributed by atoms with Crippen LogP contribution in [0.15, 0.2) is 60.7 Å². The molecule has 5 rings (SSSR count). The number of anilines is 1. The van der Waals surface area contributed by atoms with Crippen LogP contribution in [0.25, 0.3) is 0 Å². The normalized spacial score (nSPS) is 17.8. The number of carbonyl (C=O) groups is 3. The number of benzene rings is 3. The fourth-order valence-corrected chi connectivity index (χ4v) is 4.83. The van der Waals surface area contributed by atoms with Gasteiger partial charge < -0.3 is 10.2 Å². The van der Waals surface area contributed by atoms with Crippen LogP contribution in [0, 0.1) is 16.0 Å². The molecule has 9 nitrogen and oxygen atoms in total. The van der Waals surface area contributed by atoms with Crippen molar-refractivity contribution in [3.63, 3.8) is 0 Å². The van der Waals surface area contributed by atoms with E-state index in [0.29, 0.717) is 11.1 Å². The average Bonchev–Trinajstić information content (AvgIpc) is 3.07. The summed E-state index contributed by atoms with van der Waals surface area (Å²) in [6.45, 7) is 0. The van der Waals surface area contributed by atoms with Crippen molar-refractivity contribution in [3.05, 3.63) is 93.0 Å². The number of ketones is 1. The molecule has 2 aliphatic rings. The molecule has 164 valence electrons. The van der Waals surface area contributed by atoms with Gasteiger partial charge in [-0.3, -0.25) is 24.5 Å². The van der Waals surface area contributed by atoms with Gasteiger partial charge in [0.05, 0.1) is 22.0 Å². The number of nitro benzene ring substituents is 1. The van der Waals surface area contributed by atoms with Crippen LogP contribution in [0.5, 0.6) is 11.5 Å². The topological polar surface area (TPSA) is 138 Å². The molecule has 0 aromatic heterocycles. The highest BCUT2D eigenvalue weighted by molar-refractivity contribution is 6.23. The minimum absolute atomic E-state index is 0.0408. The first-order chi connectivity index (χ1) is 15.8. The van der Waals surface area contributed by atoms with Gasteiger partial charge in [-0.05, 0) is 29.3 Å². The molecule has 9 heteroatoms. The zero-order valence-electron chi connectivity index (χ0n) is 17.0. The van der Waals surface area contributed by atoms with Crippen molar-refractivity contribution >= 4 is 29.0 Å². The lowest BCUT2D eigenvalue weighted by atomic mass is 9.70. The lowest BCUT2D eigenvalue weighted by Crippen LogP contribution is -2.34. The van der Waals surface area contributed by atoms with E-state index in [0.717, 1.165) is 4.90 Å². The second kappa shape index (κ2) is 7.27. The highest BCUT2D eigenvalue weighted by Crippen LogP contribution is 2.49. The van der Waals surface area contributed by atoms with Crippen molar-refractivity contribution in [2.75, 3.05) is 4.90 Å². The van der Waals surface area contributed by atoms with E-state index in [1.807, 2.05) is 0 Å². The second-order valence-corrected chi connectivity index (χ2v) is 7.91. The Labute approximate surface area is 186 Å². The SMILES string of the molecule is O=C1c2c(O)cccc2C(C2CC(=O)N(c3ccccc3[N+](=O)[O-])C2=O)c2cccc(O)c21. The van der Waals surface area contributed by atoms with Crippen LogP contribution >= 0.6 is 0 Å². The Morgan fingerprint density at radius 1 is 0.848 bits per heavy atom. The molecule has 1 atom stereocenters. The molecule has 1 unspecified atom stereocenters. The number of para-hydroxylation sites is 2. The smallest absolute Gasteiger partial charge is 0.293 e. The summed E-state index contributed by atoms with van der Waals surface area (Å²) in [5, 5.41) is 32.3. The van der Waals surface area contributed by atoms with Crippen LogP contribution in [-0.4, -0.2) is 32.7 Å². The number of phenolic OH excluding ortho intramolecular Hbond substituents is 2. The largest absolute Gasteiger partial charge is 0.507 e. The number of fused-ring (bicyclic) bond motifs is 2. The van der Waals surface area contributed by atoms with Gasteiger partial charge in [-0.1, -0.05) is 36.4 Å². The first kappa shape index (κ1) is 20.4. The molecule has 2 amide bonds. The summed E-state index contributed by atoms with van der Waals surface area (Å²) >= 11 is 0. The summed E-state index contributed by atoms with van der Waals surface area (Å²) in [4.78, 5) is 51.2. The van der Waals surface area contributed by atoms with Crippen molar-refractivity contribution in [3.8, 4) is 11.5 Å². The molecule has 1 saturated heterocycles. The van der Waals surface area contributed by atoms with Crippen molar-refractivity contribution in [1.29, 1.82) is 0 Å². The first-order valence-electron chi connectivity index (χ1n) is 10.1. The molecular formula is C24H16N2O7. The lowest BCUT2D eigenvalue weighted by Gasteiger charge is -2.31. The lowest BCUT2D eigenvalue weighted by molar-refractivity contribution is -0.384.